The lowest BCUT2D eigenvalue weighted by atomic mass is 10.1. The summed E-state index contributed by atoms with van der Waals surface area (Å²) in [6, 6.07) is 16.7. The van der Waals surface area contributed by atoms with Gasteiger partial charge >= 0.3 is 5.97 Å². The average Bonchev–Trinajstić information content (AvgIpc) is 3.50. The number of ether oxygens (including phenoxy) is 1. The summed E-state index contributed by atoms with van der Waals surface area (Å²) < 4.78 is 9.12. The molecule has 5 aromatic rings. The summed E-state index contributed by atoms with van der Waals surface area (Å²) in [4.78, 5) is 17.2. The van der Waals surface area contributed by atoms with Crippen LogP contribution < -0.4 is 0 Å². The van der Waals surface area contributed by atoms with Crippen molar-refractivity contribution in [2.24, 2.45) is 7.05 Å². The molecule has 3 aromatic heterocycles. The fourth-order valence-corrected chi connectivity index (χ4v) is 5.27. The maximum Gasteiger partial charge on any atom is 0.337 e. The Bertz CT molecular complexity index is 1540. The van der Waals surface area contributed by atoms with E-state index in [0.717, 1.165) is 51.7 Å². The van der Waals surface area contributed by atoms with Gasteiger partial charge < -0.3 is 9.30 Å². The van der Waals surface area contributed by atoms with Gasteiger partial charge in [0.1, 0.15) is 0 Å². The molecular weight excluding hydrogens is 414 g/mol. The molecule has 2 aromatic carbocycles. The van der Waals surface area contributed by atoms with Crippen LogP contribution in [-0.4, -0.2) is 37.6 Å². The second-order valence-corrected chi connectivity index (χ2v) is 8.59. The molecule has 0 saturated carbocycles. The van der Waals surface area contributed by atoms with Crippen LogP contribution in [0, 0.1) is 6.92 Å². The third-order valence-electron chi connectivity index (χ3n) is 6.74. The van der Waals surface area contributed by atoms with Gasteiger partial charge in [0, 0.05) is 24.2 Å². The molecule has 1 atom stereocenters. The standard InChI is InChI=1S/C26H23N5O2/c1-15-25(30(2)29-28-15)18-13-23-24(27-14-18)20-10-8-17(26(32)33-3)12-22(20)31(23)21-11-9-16-6-4-5-7-19(16)21/h4-8,10,12-14,21H,9,11H2,1-3H3. The molecule has 7 nitrogen and oxygen atoms in total. The Hall–Kier alpha value is -4.00. The molecule has 1 aliphatic carbocycles. The number of benzene rings is 2. The fourth-order valence-electron chi connectivity index (χ4n) is 5.27. The van der Waals surface area contributed by atoms with E-state index in [2.05, 4.69) is 45.2 Å². The third-order valence-corrected chi connectivity index (χ3v) is 6.74. The molecule has 0 amide bonds. The number of methoxy groups -OCH3 is 1. The van der Waals surface area contributed by atoms with Gasteiger partial charge in [-0.05, 0) is 55.2 Å². The summed E-state index contributed by atoms with van der Waals surface area (Å²) in [5, 5.41) is 9.40. The maximum absolute atomic E-state index is 12.3. The Morgan fingerprint density at radius 2 is 1.97 bits per heavy atom. The molecule has 0 aliphatic heterocycles. The van der Waals surface area contributed by atoms with E-state index in [1.807, 2.05) is 38.4 Å². The number of carbonyl (C=O) groups is 1. The molecule has 3 heterocycles. The highest BCUT2D eigenvalue weighted by atomic mass is 16.5. The van der Waals surface area contributed by atoms with E-state index in [1.54, 1.807) is 4.68 Å². The van der Waals surface area contributed by atoms with Crippen molar-refractivity contribution in [3.05, 3.63) is 77.1 Å². The molecule has 0 spiro atoms. The number of fused-ring (bicyclic) bond motifs is 4. The molecule has 1 unspecified atom stereocenters. The number of hydrogen-bond acceptors (Lipinski definition) is 5. The van der Waals surface area contributed by atoms with Crippen molar-refractivity contribution in [3.8, 4) is 11.3 Å². The van der Waals surface area contributed by atoms with Gasteiger partial charge in [-0.15, -0.1) is 5.10 Å². The molecule has 6 rings (SSSR count). The van der Waals surface area contributed by atoms with Gasteiger partial charge in [0.2, 0.25) is 0 Å². The van der Waals surface area contributed by atoms with Crippen LogP contribution in [0.25, 0.3) is 33.2 Å². The van der Waals surface area contributed by atoms with Crippen LogP contribution in [0.1, 0.15) is 39.6 Å². The summed E-state index contributed by atoms with van der Waals surface area (Å²) in [5.41, 5.74) is 8.95. The van der Waals surface area contributed by atoms with E-state index in [-0.39, 0.29) is 12.0 Å². The fraction of sp³-hybridized carbons (Fsp3) is 0.231. The first-order valence-corrected chi connectivity index (χ1v) is 11.0. The van der Waals surface area contributed by atoms with E-state index in [4.69, 9.17) is 9.72 Å². The number of esters is 1. The molecular formula is C26H23N5O2. The Labute approximate surface area is 190 Å². The maximum atomic E-state index is 12.3. The SMILES string of the molecule is COC(=O)c1ccc2c3ncc(-c4c(C)nnn4C)cc3n(C3CCc4ccccc43)c2c1. The second kappa shape index (κ2) is 7.27. The monoisotopic (exact) mass is 437 g/mol. The lowest BCUT2D eigenvalue weighted by molar-refractivity contribution is 0.0601. The van der Waals surface area contributed by atoms with Gasteiger partial charge in [-0.2, -0.15) is 0 Å². The van der Waals surface area contributed by atoms with Gasteiger partial charge in [0.25, 0.3) is 0 Å². The van der Waals surface area contributed by atoms with E-state index in [9.17, 15) is 4.79 Å². The van der Waals surface area contributed by atoms with E-state index >= 15 is 0 Å². The highest BCUT2D eigenvalue weighted by Crippen LogP contribution is 2.41. The molecule has 0 fully saturated rings. The molecule has 0 bridgehead atoms. The number of carbonyl (C=O) groups excluding carboxylic acids is 1. The van der Waals surface area contributed by atoms with Crippen LogP contribution in [0.5, 0.6) is 0 Å². The molecule has 0 N–H and O–H groups in total. The summed E-state index contributed by atoms with van der Waals surface area (Å²) in [6.07, 6.45) is 3.91. The smallest absolute Gasteiger partial charge is 0.337 e. The Morgan fingerprint density at radius 3 is 2.76 bits per heavy atom. The summed E-state index contributed by atoms with van der Waals surface area (Å²) >= 11 is 0. The predicted molar refractivity (Wildman–Crippen MR) is 126 cm³/mol. The average molecular weight is 438 g/mol. The molecule has 33 heavy (non-hydrogen) atoms. The third kappa shape index (κ3) is 2.88. The van der Waals surface area contributed by atoms with Crippen molar-refractivity contribution in [3.63, 3.8) is 0 Å². The highest BCUT2D eigenvalue weighted by molar-refractivity contribution is 6.08. The number of rotatable bonds is 3. The first-order valence-electron chi connectivity index (χ1n) is 11.0. The topological polar surface area (TPSA) is 74.8 Å². The lowest BCUT2D eigenvalue weighted by Crippen LogP contribution is -2.08. The first kappa shape index (κ1) is 19.7. The van der Waals surface area contributed by atoms with E-state index in [0.29, 0.717) is 5.56 Å². The van der Waals surface area contributed by atoms with Crippen molar-refractivity contribution in [1.29, 1.82) is 0 Å². The van der Waals surface area contributed by atoms with Gasteiger partial charge in [-0.1, -0.05) is 29.5 Å². The lowest BCUT2D eigenvalue weighted by Gasteiger charge is -2.18. The van der Waals surface area contributed by atoms with Gasteiger partial charge in [-0.3, -0.25) is 4.98 Å². The zero-order valence-corrected chi connectivity index (χ0v) is 18.7. The van der Waals surface area contributed by atoms with Crippen LogP contribution in [-0.2, 0) is 18.2 Å². The molecule has 164 valence electrons. The van der Waals surface area contributed by atoms with Gasteiger partial charge in [0.05, 0.1) is 46.7 Å². The van der Waals surface area contributed by atoms with Crippen LogP contribution in [0.2, 0.25) is 0 Å². The molecule has 7 heteroatoms. The van der Waals surface area contributed by atoms with Crippen LogP contribution in [0.15, 0.2) is 54.7 Å². The zero-order chi connectivity index (χ0) is 22.7. The normalized spacial score (nSPS) is 15.3. The summed E-state index contributed by atoms with van der Waals surface area (Å²) in [5.74, 6) is -0.342. The van der Waals surface area contributed by atoms with Crippen LogP contribution >= 0.6 is 0 Å². The zero-order valence-electron chi connectivity index (χ0n) is 18.7. The van der Waals surface area contributed by atoms with Crippen LogP contribution in [0.4, 0.5) is 0 Å². The first-order chi connectivity index (χ1) is 16.1. The van der Waals surface area contributed by atoms with E-state index < -0.39 is 0 Å². The predicted octanol–water partition coefficient (Wildman–Crippen LogP) is 4.62. The van der Waals surface area contributed by atoms with Crippen molar-refractivity contribution >= 4 is 27.9 Å². The number of aromatic nitrogens is 5. The number of hydrogen-bond donors (Lipinski definition) is 0. The quantitative estimate of drug-likeness (QED) is 0.385. The Balaban J connectivity index is 1.68. The number of pyridine rings is 1. The molecule has 0 saturated heterocycles. The number of nitrogens with zero attached hydrogens (tertiary/aromatic N) is 5. The summed E-state index contributed by atoms with van der Waals surface area (Å²) in [6.45, 7) is 1.96. The highest BCUT2D eigenvalue weighted by Gasteiger charge is 2.28. The Kier molecular flexibility index (Phi) is 4.33. The van der Waals surface area contributed by atoms with Crippen molar-refractivity contribution in [1.82, 2.24) is 24.5 Å². The van der Waals surface area contributed by atoms with Crippen molar-refractivity contribution in [2.75, 3.05) is 7.11 Å². The van der Waals surface area contributed by atoms with Crippen LogP contribution in [0.3, 0.4) is 0 Å². The largest absolute Gasteiger partial charge is 0.465 e. The van der Waals surface area contributed by atoms with Gasteiger partial charge in [0.15, 0.2) is 0 Å². The molecule has 1 aliphatic rings. The van der Waals surface area contributed by atoms with E-state index in [1.165, 1.54) is 18.2 Å². The minimum Gasteiger partial charge on any atom is -0.465 e. The van der Waals surface area contributed by atoms with Gasteiger partial charge in [-0.25, -0.2) is 9.48 Å². The summed E-state index contributed by atoms with van der Waals surface area (Å²) in [7, 11) is 3.30. The molecule has 0 radical (unpaired) electrons. The van der Waals surface area contributed by atoms with Crippen molar-refractivity contribution in [2.45, 2.75) is 25.8 Å². The minimum absolute atomic E-state index is 0.164. The Morgan fingerprint density at radius 1 is 1.12 bits per heavy atom. The minimum atomic E-state index is -0.342. The van der Waals surface area contributed by atoms with Crippen molar-refractivity contribution < 1.29 is 9.53 Å². The number of aryl methyl sites for hydroxylation is 3. The second-order valence-electron chi connectivity index (χ2n) is 8.59.